The van der Waals surface area contributed by atoms with E-state index in [1.807, 2.05) is 37.3 Å². The second-order valence-electron chi connectivity index (χ2n) is 3.95. The van der Waals surface area contributed by atoms with Crippen molar-refractivity contribution in [3.63, 3.8) is 0 Å². The maximum atomic E-state index is 9.49. The van der Waals surface area contributed by atoms with Crippen LogP contribution in [0.2, 0.25) is 0 Å². The van der Waals surface area contributed by atoms with Crippen LogP contribution in [0.25, 0.3) is 0 Å². The van der Waals surface area contributed by atoms with E-state index in [0.717, 1.165) is 18.5 Å². The smallest absolute Gasteiger partial charge is 0.155 e. The van der Waals surface area contributed by atoms with Crippen molar-refractivity contribution in [2.24, 2.45) is 0 Å². The van der Waals surface area contributed by atoms with Gasteiger partial charge in [-0.05, 0) is 25.5 Å². The molecule has 0 fully saturated rings. The number of hydrogen-bond donors (Lipinski definition) is 1. The minimum absolute atomic E-state index is 0.379. The lowest BCUT2D eigenvalue weighted by atomic mass is 9.92. The topological polar surface area (TPSA) is 45.0 Å². The molecular weight excluding hydrogens is 212 g/mol. The summed E-state index contributed by atoms with van der Waals surface area (Å²) in [6, 6.07) is 12.1. The highest BCUT2D eigenvalue weighted by atomic mass is 16.5. The van der Waals surface area contributed by atoms with E-state index in [4.69, 9.17) is 4.74 Å². The van der Waals surface area contributed by atoms with Crippen LogP contribution in [0.4, 0.5) is 0 Å². The van der Waals surface area contributed by atoms with Crippen LogP contribution in [0.1, 0.15) is 25.8 Å². The molecule has 0 spiro atoms. The highest BCUT2D eigenvalue weighted by molar-refractivity contribution is 5.31. The van der Waals surface area contributed by atoms with Gasteiger partial charge in [-0.3, -0.25) is 5.32 Å². The highest BCUT2D eigenvalue weighted by Crippen LogP contribution is 2.21. The number of hydrogen-bond acceptors (Lipinski definition) is 3. The molecule has 1 N–H and O–H groups in total. The molecule has 0 amide bonds. The summed E-state index contributed by atoms with van der Waals surface area (Å²) in [6.45, 7) is 5.82. The first-order valence-electron chi connectivity index (χ1n) is 6.08. The predicted octanol–water partition coefficient (Wildman–Crippen LogP) is 2.44. The maximum absolute atomic E-state index is 9.49. The normalized spacial score (nSPS) is 13.9. The van der Waals surface area contributed by atoms with Gasteiger partial charge in [0.1, 0.15) is 0 Å². The second kappa shape index (κ2) is 7.05. The zero-order chi connectivity index (χ0) is 12.6. The summed E-state index contributed by atoms with van der Waals surface area (Å²) in [5.74, 6) is 0. The van der Waals surface area contributed by atoms with E-state index in [9.17, 15) is 5.26 Å². The molecule has 0 heterocycles. The zero-order valence-corrected chi connectivity index (χ0v) is 10.6. The Hall–Kier alpha value is -1.37. The molecule has 0 radical (unpaired) electrons. The Morgan fingerprint density at radius 1 is 1.29 bits per heavy atom. The van der Waals surface area contributed by atoms with Crippen LogP contribution in [0, 0.1) is 11.3 Å². The molecule has 3 heteroatoms. The van der Waals surface area contributed by atoms with Crippen molar-refractivity contribution in [2.45, 2.75) is 25.8 Å². The van der Waals surface area contributed by atoms with Gasteiger partial charge < -0.3 is 4.74 Å². The maximum Gasteiger partial charge on any atom is 0.155 e. The van der Waals surface area contributed by atoms with Crippen molar-refractivity contribution in [3.05, 3.63) is 35.9 Å². The number of ether oxygens (including phenoxy) is 1. The Morgan fingerprint density at radius 3 is 2.53 bits per heavy atom. The van der Waals surface area contributed by atoms with Crippen LogP contribution in [-0.4, -0.2) is 19.8 Å². The monoisotopic (exact) mass is 232 g/mol. The molecule has 0 saturated carbocycles. The zero-order valence-electron chi connectivity index (χ0n) is 10.6. The van der Waals surface area contributed by atoms with E-state index in [2.05, 4.69) is 18.3 Å². The van der Waals surface area contributed by atoms with Crippen LogP contribution < -0.4 is 5.32 Å². The third-order valence-electron chi connectivity index (χ3n) is 2.66. The van der Waals surface area contributed by atoms with Gasteiger partial charge in [-0.25, -0.2) is 0 Å². The van der Waals surface area contributed by atoms with Crippen molar-refractivity contribution in [3.8, 4) is 6.07 Å². The predicted molar refractivity (Wildman–Crippen MR) is 68.5 cm³/mol. The molecular formula is C14H20N2O. The molecule has 1 unspecified atom stereocenters. The molecule has 0 bridgehead atoms. The first-order chi connectivity index (χ1) is 8.29. The lowest BCUT2D eigenvalue weighted by Crippen LogP contribution is -2.45. The van der Waals surface area contributed by atoms with Gasteiger partial charge in [0.15, 0.2) is 5.54 Å². The molecule has 0 aromatic heterocycles. The average Bonchev–Trinajstić information content (AvgIpc) is 2.41. The summed E-state index contributed by atoms with van der Waals surface area (Å²) in [4.78, 5) is 0. The Labute approximate surface area is 103 Å². The fourth-order valence-corrected chi connectivity index (χ4v) is 1.69. The summed E-state index contributed by atoms with van der Waals surface area (Å²) >= 11 is 0. The van der Waals surface area contributed by atoms with Crippen molar-refractivity contribution in [1.82, 2.24) is 5.32 Å². The van der Waals surface area contributed by atoms with Crippen LogP contribution >= 0.6 is 0 Å². The minimum Gasteiger partial charge on any atom is -0.378 e. The van der Waals surface area contributed by atoms with Gasteiger partial charge in [-0.1, -0.05) is 37.3 Å². The lowest BCUT2D eigenvalue weighted by molar-refractivity contribution is 0.0986. The first-order valence-corrected chi connectivity index (χ1v) is 6.08. The largest absolute Gasteiger partial charge is 0.378 e. The SMILES string of the molecule is CCCNC(C#N)(COCC)c1ccccc1. The van der Waals surface area contributed by atoms with E-state index in [1.165, 1.54) is 0 Å². The average molecular weight is 232 g/mol. The van der Waals surface area contributed by atoms with Crippen molar-refractivity contribution >= 4 is 0 Å². The highest BCUT2D eigenvalue weighted by Gasteiger charge is 2.31. The number of nitriles is 1. The lowest BCUT2D eigenvalue weighted by Gasteiger charge is -2.28. The van der Waals surface area contributed by atoms with Gasteiger partial charge in [-0.2, -0.15) is 5.26 Å². The molecule has 0 aliphatic heterocycles. The van der Waals surface area contributed by atoms with Crippen LogP contribution in [0.5, 0.6) is 0 Å². The van der Waals surface area contributed by atoms with Gasteiger partial charge in [0, 0.05) is 6.61 Å². The first kappa shape index (κ1) is 13.7. The van der Waals surface area contributed by atoms with E-state index in [-0.39, 0.29) is 0 Å². The van der Waals surface area contributed by atoms with Gasteiger partial charge in [0.2, 0.25) is 0 Å². The number of benzene rings is 1. The van der Waals surface area contributed by atoms with E-state index in [0.29, 0.717) is 13.2 Å². The fourth-order valence-electron chi connectivity index (χ4n) is 1.69. The second-order valence-corrected chi connectivity index (χ2v) is 3.95. The van der Waals surface area contributed by atoms with Crippen molar-refractivity contribution in [2.75, 3.05) is 19.8 Å². The molecule has 0 saturated heterocycles. The van der Waals surface area contributed by atoms with Gasteiger partial charge in [-0.15, -0.1) is 0 Å². The Morgan fingerprint density at radius 2 is 2.00 bits per heavy atom. The summed E-state index contributed by atoms with van der Waals surface area (Å²) in [7, 11) is 0. The minimum atomic E-state index is -0.729. The third kappa shape index (κ3) is 3.55. The molecule has 0 aliphatic carbocycles. The van der Waals surface area contributed by atoms with Crippen LogP contribution in [-0.2, 0) is 10.3 Å². The third-order valence-corrected chi connectivity index (χ3v) is 2.66. The Kier molecular flexibility index (Phi) is 5.68. The molecule has 3 nitrogen and oxygen atoms in total. The quantitative estimate of drug-likeness (QED) is 0.785. The molecule has 1 rings (SSSR count). The van der Waals surface area contributed by atoms with Crippen molar-refractivity contribution in [1.29, 1.82) is 5.26 Å². The molecule has 1 atom stereocenters. The van der Waals surface area contributed by atoms with Gasteiger partial charge in [0.05, 0.1) is 12.7 Å². The molecule has 1 aromatic rings. The molecule has 92 valence electrons. The Bertz CT molecular complexity index is 348. The number of rotatable bonds is 7. The van der Waals surface area contributed by atoms with E-state index >= 15 is 0 Å². The standard InChI is InChI=1S/C14H20N2O/c1-3-10-16-14(11-15,12-17-4-2)13-8-6-5-7-9-13/h5-9,16H,3-4,10,12H2,1-2H3. The van der Waals surface area contributed by atoms with Gasteiger partial charge >= 0.3 is 0 Å². The van der Waals surface area contributed by atoms with Crippen molar-refractivity contribution < 1.29 is 4.74 Å². The molecule has 17 heavy (non-hydrogen) atoms. The summed E-state index contributed by atoms with van der Waals surface area (Å²) in [6.07, 6.45) is 0.988. The fraction of sp³-hybridized carbons (Fsp3) is 0.500. The van der Waals surface area contributed by atoms with Crippen LogP contribution in [0.15, 0.2) is 30.3 Å². The number of nitrogens with one attached hydrogen (secondary N) is 1. The van der Waals surface area contributed by atoms with Crippen LogP contribution in [0.3, 0.4) is 0 Å². The van der Waals surface area contributed by atoms with Gasteiger partial charge in [0.25, 0.3) is 0 Å². The summed E-state index contributed by atoms with van der Waals surface area (Å²) in [5, 5.41) is 12.8. The summed E-state index contributed by atoms with van der Waals surface area (Å²) < 4.78 is 5.46. The summed E-state index contributed by atoms with van der Waals surface area (Å²) in [5.41, 5.74) is 0.234. The Balaban J connectivity index is 2.94. The van der Waals surface area contributed by atoms with E-state index in [1.54, 1.807) is 0 Å². The molecule has 0 aliphatic rings. The number of nitrogens with zero attached hydrogens (tertiary/aromatic N) is 1. The molecule has 1 aromatic carbocycles. The van der Waals surface area contributed by atoms with E-state index < -0.39 is 5.54 Å².